The summed E-state index contributed by atoms with van der Waals surface area (Å²) in [6.07, 6.45) is 4.07. The Bertz CT molecular complexity index is 523. The minimum atomic E-state index is -3.51. The summed E-state index contributed by atoms with van der Waals surface area (Å²) in [5.74, 6) is 0.596. The highest BCUT2D eigenvalue weighted by atomic mass is 32.2. The molecule has 0 aromatic heterocycles. The van der Waals surface area contributed by atoms with Crippen LogP contribution < -0.4 is 4.83 Å². The molecular weight excluding hydrogens is 248 g/mol. The summed E-state index contributed by atoms with van der Waals surface area (Å²) < 4.78 is 23.9. The fourth-order valence-electron chi connectivity index (χ4n) is 2.14. The van der Waals surface area contributed by atoms with Crippen molar-refractivity contribution in [2.24, 2.45) is 11.0 Å². The zero-order valence-electron chi connectivity index (χ0n) is 10.5. The second-order valence-electron chi connectivity index (χ2n) is 4.79. The Morgan fingerprint density at radius 1 is 1.28 bits per heavy atom. The molecule has 1 fully saturated rings. The summed E-state index contributed by atoms with van der Waals surface area (Å²) in [5, 5.41) is 4.06. The zero-order chi connectivity index (χ0) is 13.0. The lowest BCUT2D eigenvalue weighted by molar-refractivity contribution is 0.498. The monoisotopic (exact) mass is 266 g/mol. The van der Waals surface area contributed by atoms with E-state index < -0.39 is 10.0 Å². The number of benzene rings is 1. The predicted molar refractivity (Wildman–Crippen MR) is 71.8 cm³/mol. The van der Waals surface area contributed by atoms with Crippen LogP contribution in [0.4, 0.5) is 0 Å². The van der Waals surface area contributed by atoms with Crippen LogP contribution in [0.5, 0.6) is 0 Å². The van der Waals surface area contributed by atoms with Crippen LogP contribution >= 0.6 is 0 Å². The molecule has 0 spiro atoms. The van der Waals surface area contributed by atoms with E-state index in [1.807, 2.05) is 0 Å². The lowest BCUT2D eigenvalue weighted by atomic mass is 9.89. The number of sulfonamides is 1. The lowest BCUT2D eigenvalue weighted by Gasteiger charge is -2.19. The molecule has 1 N–H and O–H groups in total. The molecule has 1 aliphatic carbocycles. The van der Waals surface area contributed by atoms with Crippen molar-refractivity contribution < 1.29 is 8.42 Å². The molecule has 1 saturated carbocycles. The van der Waals surface area contributed by atoms with Crippen molar-refractivity contribution in [2.45, 2.75) is 37.5 Å². The Labute approximate surface area is 108 Å². The molecule has 98 valence electrons. The largest absolute Gasteiger partial charge is 0.276 e. The van der Waals surface area contributed by atoms with Crippen molar-refractivity contribution in [3.8, 4) is 0 Å². The predicted octanol–water partition coefficient (Wildman–Crippen LogP) is 2.53. The molecule has 1 aromatic rings. The van der Waals surface area contributed by atoms with Crippen LogP contribution in [0.25, 0.3) is 0 Å². The van der Waals surface area contributed by atoms with Crippen molar-refractivity contribution in [3.63, 3.8) is 0 Å². The van der Waals surface area contributed by atoms with Gasteiger partial charge in [0.15, 0.2) is 0 Å². The molecule has 0 bridgehead atoms. The van der Waals surface area contributed by atoms with Gasteiger partial charge in [0.2, 0.25) is 0 Å². The molecular formula is C13H18N2O2S. The Hall–Kier alpha value is -1.36. The first-order chi connectivity index (χ1) is 8.58. The third-order valence-electron chi connectivity index (χ3n) is 3.12. The highest BCUT2D eigenvalue weighted by Crippen LogP contribution is 2.21. The van der Waals surface area contributed by atoms with Crippen LogP contribution in [0, 0.1) is 5.92 Å². The summed E-state index contributed by atoms with van der Waals surface area (Å²) in [7, 11) is -3.51. The topological polar surface area (TPSA) is 58.5 Å². The molecule has 0 heterocycles. The molecule has 0 radical (unpaired) electrons. The van der Waals surface area contributed by atoms with Crippen LogP contribution in [-0.2, 0) is 10.0 Å². The molecule has 1 aromatic carbocycles. The minimum absolute atomic E-state index is 0.248. The number of hydrogen-bond acceptors (Lipinski definition) is 3. The maximum Gasteiger partial charge on any atom is 0.276 e. The van der Waals surface area contributed by atoms with E-state index in [-0.39, 0.29) is 4.90 Å². The summed E-state index contributed by atoms with van der Waals surface area (Å²) in [5.41, 5.74) is 0.952. The number of hydrazone groups is 1. The van der Waals surface area contributed by atoms with Gasteiger partial charge in [-0.1, -0.05) is 25.1 Å². The standard InChI is InChI=1S/C13H18N2O2S/c1-11-6-5-7-12(10-11)14-15-18(16,17)13-8-3-2-4-9-13/h2-4,8-9,11,15H,5-7,10H2,1H3/b14-12-/t11-/m1/s1. The highest BCUT2D eigenvalue weighted by molar-refractivity contribution is 7.89. The molecule has 0 unspecified atom stereocenters. The van der Waals surface area contributed by atoms with Gasteiger partial charge in [-0.25, -0.2) is 4.83 Å². The quantitative estimate of drug-likeness (QED) is 0.855. The molecule has 1 atom stereocenters. The Morgan fingerprint density at radius 2 is 2.00 bits per heavy atom. The highest BCUT2D eigenvalue weighted by Gasteiger charge is 2.16. The maximum absolute atomic E-state index is 11.9. The van der Waals surface area contributed by atoms with Gasteiger partial charge in [-0.3, -0.25) is 0 Å². The molecule has 0 amide bonds. The summed E-state index contributed by atoms with van der Waals surface area (Å²) in [6.45, 7) is 2.17. The Balaban J connectivity index is 2.07. The van der Waals surface area contributed by atoms with Gasteiger partial charge in [0.1, 0.15) is 0 Å². The summed E-state index contributed by atoms with van der Waals surface area (Å²) in [6, 6.07) is 8.31. The first kappa shape index (κ1) is 13.1. The Morgan fingerprint density at radius 3 is 2.67 bits per heavy atom. The first-order valence-corrected chi connectivity index (χ1v) is 7.68. The van der Waals surface area contributed by atoms with E-state index in [9.17, 15) is 8.42 Å². The molecule has 4 nitrogen and oxygen atoms in total. The molecule has 1 aliphatic rings. The second kappa shape index (κ2) is 5.52. The number of rotatable bonds is 3. The van der Waals surface area contributed by atoms with Crippen molar-refractivity contribution in [1.82, 2.24) is 4.83 Å². The minimum Gasteiger partial charge on any atom is -0.200 e. The zero-order valence-corrected chi connectivity index (χ0v) is 11.3. The van der Waals surface area contributed by atoms with Crippen LogP contribution in [0.2, 0.25) is 0 Å². The summed E-state index contributed by atoms with van der Waals surface area (Å²) in [4.78, 5) is 2.57. The van der Waals surface area contributed by atoms with Crippen molar-refractivity contribution in [1.29, 1.82) is 0 Å². The van der Waals surface area contributed by atoms with E-state index in [0.29, 0.717) is 5.92 Å². The number of nitrogens with zero attached hydrogens (tertiary/aromatic N) is 1. The number of nitrogens with one attached hydrogen (secondary N) is 1. The van der Waals surface area contributed by atoms with Crippen LogP contribution in [-0.4, -0.2) is 14.1 Å². The van der Waals surface area contributed by atoms with Gasteiger partial charge in [-0.15, -0.1) is 0 Å². The number of hydrogen-bond donors (Lipinski definition) is 1. The maximum atomic E-state index is 11.9. The molecule has 5 heteroatoms. The first-order valence-electron chi connectivity index (χ1n) is 6.20. The average molecular weight is 266 g/mol. The molecule has 2 rings (SSSR count). The summed E-state index contributed by atoms with van der Waals surface area (Å²) >= 11 is 0. The van der Waals surface area contributed by atoms with E-state index in [1.165, 1.54) is 6.42 Å². The smallest absolute Gasteiger partial charge is 0.200 e. The van der Waals surface area contributed by atoms with Gasteiger partial charge < -0.3 is 0 Å². The third-order valence-corrected chi connectivity index (χ3v) is 4.35. The van der Waals surface area contributed by atoms with Gasteiger partial charge >= 0.3 is 0 Å². The van der Waals surface area contributed by atoms with Gasteiger partial charge in [0, 0.05) is 5.71 Å². The van der Waals surface area contributed by atoms with Gasteiger partial charge in [0.25, 0.3) is 10.0 Å². The van der Waals surface area contributed by atoms with E-state index in [2.05, 4.69) is 16.9 Å². The van der Waals surface area contributed by atoms with Crippen molar-refractivity contribution in [3.05, 3.63) is 30.3 Å². The van der Waals surface area contributed by atoms with Crippen LogP contribution in [0.15, 0.2) is 40.3 Å². The van der Waals surface area contributed by atoms with Gasteiger partial charge in [-0.2, -0.15) is 13.5 Å². The average Bonchev–Trinajstić information content (AvgIpc) is 2.38. The van der Waals surface area contributed by atoms with Gasteiger partial charge in [0.05, 0.1) is 4.90 Å². The SMILES string of the molecule is C[C@@H]1CCC/C(=N/NS(=O)(=O)c2ccccc2)C1. The fraction of sp³-hybridized carbons (Fsp3) is 0.462. The van der Waals surface area contributed by atoms with Gasteiger partial charge in [-0.05, 0) is 43.7 Å². The van der Waals surface area contributed by atoms with Crippen LogP contribution in [0.1, 0.15) is 32.6 Å². The van der Waals surface area contributed by atoms with Crippen LogP contribution in [0.3, 0.4) is 0 Å². The van der Waals surface area contributed by atoms with Crippen molar-refractivity contribution >= 4 is 15.7 Å². The molecule has 0 saturated heterocycles. The third kappa shape index (κ3) is 3.32. The van der Waals surface area contributed by atoms with E-state index in [0.717, 1.165) is 25.0 Å². The second-order valence-corrected chi connectivity index (χ2v) is 6.45. The van der Waals surface area contributed by atoms with E-state index in [1.54, 1.807) is 30.3 Å². The normalized spacial score (nSPS) is 22.9. The Kier molecular flexibility index (Phi) is 4.01. The fourth-order valence-corrected chi connectivity index (χ4v) is 3.01. The molecule has 0 aliphatic heterocycles. The van der Waals surface area contributed by atoms with E-state index in [4.69, 9.17) is 0 Å². The lowest BCUT2D eigenvalue weighted by Crippen LogP contribution is -2.22. The van der Waals surface area contributed by atoms with Crippen molar-refractivity contribution in [2.75, 3.05) is 0 Å². The molecule has 18 heavy (non-hydrogen) atoms. The van der Waals surface area contributed by atoms with E-state index >= 15 is 0 Å².